The van der Waals surface area contributed by atoms with Gasteiger partial charge in [-0.2, -0.15) is 0 Å². The maximum absolute atomic E-state index is 11.1. The van der Waals surface area contributed by atoms with Crippen LogP contribution in [0.25, 0.3) is 0 Å². The number of carboxylic acid groups (broad SMARTS) is 1. The number of carbonyl (C=O) groups excluding carboxylic acids is 2. The Labute approximate surface area is 112 Å². The minimum absolute atomic E-state index is 0.0515. The zero-order valence-corrected chi connectivity index (χ0v) is 11.1. The molecule has 2 amide bonds. The maximum Gasteiger partial charge on any atom is 0.303 e. The average molecular weight is 271 g/mol. The fraction of sp³-hybridized carbons (Fsp3) is 0.750. The van der Waals surface area contributed by atoms with E-state index in [0.29, 0.717) is 19.5 Å². The highest BCUT2D eigenvalue weighted by atomic mass is 16.4. The third kappa shape index (κ3) is 6.19. The molecule has 0 saturated carbocycles. The quantitative estimate of drug-likeness (QED) is 0.583. The summed E-state index contributed by atoms with van der Waals surface area (Å²) in [5, 5.41) is 11.5. The summed E-state index contributed by atoms with van der Waals surface area (Å²) in [7, 11) is 0. The van der Waals surface area contributed by atoms with Crippen molar-refractivity contribution in [1.29, 1.82) is 0 Å². The van der Waals surface area contributed by atoms with E-state index in [2.05, 4.69) is 5.32 Å². The number of aliphatic carboxylic acids is 1. The summed E-state index contributed by atoms with van der Waals surface area (Å²) in [5.74, 6) is -1.22. The van der Waals surface area contributed by atoms with Crippen molar-refractivity contribution in [3.05, 3.63) is 0 Å². The van der Waals surface area contributed by atoms with E-state index in [0.717, 1.165) is 6.42 Å². The predicted octanol–water partition coefficient (Wildman–Crippen LogP) is -0.837. The second kappa shape index (κ2) is 7.08. The van der Waals surface area contributed by atoms with E-state index in [4.69, 9.17) is 10.8 Å². The van der Waals surface area contributed by atoms with E-state index in [1.807, 2.05) is 4.90 Å². The molecule has 1 fully saturated rings. The molecule has 1 aliphatic rings. The number of hydrogen-bond acceptors (Lipinski definition) is 4. The van der Waals surface area contributed by atoms with Gasteiger partial charge in [-0.3, -0.25) is 19.3 Å². The minimum atomic E-state index is -0.830. The number of nitrogens with one attached hydrogen (secondary N) is 1. The van der Waals surface area contributed by atoms with E-state index >= 15 is 0 Å². The van der Waals surface area contributed by atoms with Crippen molar-refractivity contribution in [2.75, 3.05) is 19.6 Å². The van der Waals surface area contributed by atoms with Crippen molar-refractivity contribution in [2.24, 2.45) is 11.7 Å². The Balaban J connectivity index is 2.57. The maximum atomic E-state index is 11.1. The van der Waals surface area contributed by atoms with Crippen molar-refractivity contribution in [3.8, 4) is 0 Å². The molecule has 0 radical (unpaired) electrons. The van der Waals surface area contributed by atoms with Crippen LogP contribution >= 0.6 is 0 Å². The summed E-state index contributed by atoms with van der Waals surface area (Å²) in [6.07, 6.45) is 1.38. The first-order chi connectivity index (χ1) is 8.86. The van der Waals surface area contributed by atoms with Crippen LogP contribution in [0.3, 0.4) is 0 Å². The van der Waals surface area contributed by atoms with Gasteiger partial charge < -0.3 is 16.2 Å². The van der Waals surface area contributed by atoms with Gasteiger partial charge in [0.05, 0.1) is 6.54 Å². The van der Waals surface area contributed by atoms with Crippen LogP contribution in [0.4, 0.5) is 0 Å². The second-order valence-corrected chi connectivity index (χ2v) is 5.09. The van der Waals surface area contributed by atoms with Crippen molar-refractivity contribution in [3.63, 3.8) is 0 Å². The number of piperidine rings is 1. The molecule has 2 unspecified atom stereocenters. The Morgan fingerprint density at radius 3 is 2.58 bits per heavy atom. The lowest BCUT2D eigenvalue weighted by molar-refractivity contribution is -0.137. The third-order valence-corrected chi connectivity index (χ3v) is 3.17. The van der Waals surface area contributed by atoms with E-state index < -0.39 is 11.9 Å². The van der Waals surface area contributed by atoms with Crippen LogP contribution in [-0.2, 0) is 14.4 Å². The van der Waals surface area contributed by atoms with Crippen LogP contribution in [0.15, 0.2) is 0 Å². The van der Waals surface area contributed by atoms with Gasteiger partial charge >= 0.3 is 5.97 Å². The predicted molar refractivity (Wildman–Crippen MR) is 68.2 cm³/mol. The molecule has 7 heteroatoms. The highest BCUT2D eigenvalue weighted by Crippen LogP contribution is 2.21. The Kier molecular flexibility index (Phi) is 5.75. The van der Waals surface area contributed by atoms with Gasteiger partial charge in [0.1, 0.15) is 0 Å². The highest BCUT2D eigenvalue weighted by molar-refractivity contribution is 5.76. The first kappa shape index (κ1) is 15.4. The van der Waals surface area contributed by atoms with Crippen LogP contribution in [0.2, 0.25) is 0 Å². The minimum Gasteiger partial charge on any atom is -0.481 e. The summed E-state index contributed by atoms with van der Waals surface area (Å²) in [5.41, 5.74) is 5.18. The molecule has 0 aromatic heterocycles. The van der Waals surface area contributed by atoms with E-state index in [9.17, 15) is 14.4 Å². The summed E-state index contributed by atoms with van der Waals surface area (Å²) >= 11 is 0. The summed E-state index contributed by atoms with van der Waals surface area (Å²) < 4.78 is 0. The lowest BCUT2D eigenvalue weighted by Crippen LogP contribution is -2.52. The number of carboxylic acids is 1. The Morgan fingerprint density at radius 1 is 1.37 bits per heavy atom. The van der Waals surface area contributed by atoms with Gasteiger partial charge in [0, 0.05) is 32.5 Å². The van der Waals surface area contributed by atoms with E-state index in [1.54, 1.807) is 0 Å². The van der Waals surface area contributed by atoms with Crippen molar-refractivity contribution in [1.82, 2.24) is 10.2 Å². The first-order valence-corrected chi connectivity index (χ1v) is 6.36. The van der Waals surface area contributed by atoms with Gasteiger partial charge in [-0.15, -0.1) is 0 Å². The van der Waals surface area contributed by atoms with E-state index in [1.165, 1.54) is 6.92 Å². The van der Waals surface area contributed by atoms with Gasteiger partial charge in [-0.25, -0.2) is 0 Å². The lowest BCUT2D eigenvalue weighted by atomic mass is 9.90. The summed E-state index contributed by atoms with van der Waals surface area (Å²) in [6.45, 7) is 2.80. The molecule has 19 heavy (non-hydrogen) atoms. The van der Waals surface area contributed by atoms with E-state index in [-0.39, 0.29) is 30.8 Å². The number of likely N-dealkylation sites (tertiary alicyclic amines) is 1. The smallest absolute Gasteiger partial charge is 0.303 e. The fourth-order valence-electron chi connectivity index (χ4n) is 2.58. The number of carbonyl (C=O) groups is 3. The van der Waals surface area contributed by atoms with Crippen molar-refractivity contribution < 1.29 is 19.5 Å². The number of rotatable bonds is 6. The second-order valence-electron chi connectivity index (χ2n) is 5.09. The molecule has 4 N–H and O–H groups in total. The lowest BCUT2D eigenvalue weighted by Gasteiger charge is -2.37. The summed E-state index contributed by atoms with van der Waals surface area (Å²) in [4.78, 5) is 34.5. The normalized spacial score (nSPS) is 23.8. The SMILES string of the molecule is CC(=O)NC1CC(CCC(=O)O)CN(CC(N)=O)C1. The zero-order valence-electron chi connectivity index (χ0n) is 11.1. The van der Waals surface area contributed by atoms with Crippen LogP contribution < -0.4 is 11.1 Å². The van der Waals surface area contributed by atoms with Gasteiger partial charge in [0.2, 0.25) is 11.8 Å². The topological polar surface area (TPSA) is 113 Å². The van der Waals surface area contributed by atoms with Gasteiger partial charge in [0.25, 0.3) is 0 Å². The van der Waals surface area contributed by atoms with Crippen LogP contribution in [0.5, 0.6) is 0 Å². The first-order valence-electron chi connectivity index (χ1n) is 6.36. The average Bonchev–Trinajstić information content (AvgIpc) is 2.24. The van der Waals surface area contributed by atoms with Gasteiger partial charge in [-0.1, -0.05) is 0 Å². The monoisotopic (exact) mass is 271 g/mol. The molecule has 2 atom stereocenters. The molecule has 108 valence electrons. The molecule has 0 aromatic carbocycles. The van der Waals surface area contributed by atoms with Crippen LogP contribution in [0, 0.1) is 5.92 Å². The number of amides is 2. The van der Waals surface area contributed by atoms with Crippen LogP contribution in [0.1, 0.15) is 26.2 Å². The Bertz CT molecular complexity index is 335. The molecular weight excluding hydrogens is 250 g/mol. The summed E-state index contributed by atoms with van der Waals surface area (Å²) in [6, 6.07) is -0.0515. The molecule has 0 aromatic rings. The van der Waals surface area contributed by atoms with Crippen molar-refractivity contribution >= 4 is 17.8 Å². The molecule has 1 aliphatic heterocycles. The third-order valence-electron chi connectivity index (χ3n) is 3.17. The van der Waals surface area contributed by atoms with Crippen molar-refractivity contribution in [2.45, 2.75) is 32.2 Å². The Hall–Kier alpha value is -1.63. The molecule has 1 rings (SSSR count). The molecule has 0 aliphatic carbocycles. The number of primary amides is 1. The number of nitrogens with zero attached hydrogens (tertiary/aromatic N) is 1. The molecular formula is C12H21N3O4. The van der Waals surface area contributed by atoms with Gasteiger partial charge in [0.15, 0.2) is 0 Å². The molecule has 1 saturated heterocycles. The van der Waals surface area contributed by atoms with Gasteiger partial charge in [-0.05, 0) is 18.8 Å². The largest absolute Gasteiger partial charge is 0.481 e. The molecule has 1 heterocycles. The fourth-order valence-corrected chi connectivity index (χ4v) is 2.58. The Morgan fingerprint density at radius 2 is 2.05 bits per heavy atom. The standard InChI is InChI=1S/C12H21N3O4/c1-8(16)14-10-4-9(2-3-12(18)19)5-15(6-10)7-11(13)17/h9-10H,2-7H2,1H3,(H2,13,17)(H,14,16)(H,18,19). The molecule has 0 spiro atoms. The molecule has 0 bridgehead atoms. The number of nitrogens with two attached hydrogens (primary N) is 1. The van der Waals surface area contributed by atoms with Crippen LogP contribution in [-0.4, -0.2) is 53.5 Å². The number of hydrogen-bond donors (Lipinski definition) is 3. The molecule has 7 nitrogen and oxygen atoms in total. The zero-order chi connectivity index (χ0) is 14.4. The highest BCUT2D eigenvalue weighted by Gasteiger charge is 2.28.